The van der Waals surface area contributed by atoms with Crippen LogP contribution in [-0.2, 0) is 4.79 Å². The molecule has 0 aromatic carbocycles. The fourth-order valence-corrected chi connectivity index (χ4v) is 0.492. The lowest BCUT2D eigenvalue weighted by atomic mass is 10.6. The first-order chi connectivity index (χ1) is 4.20. The van der Waals surface area contributed by atoms with Gasteiger partial charge in [-0.2, -0.15) is 8.78 Å². The molecule has 1 aliphatic rings. The molecule has 0 aromatic rings. The maximum Gasteiger partial charge on any atom is 0.315 e. The van der Waals surface area contributed by atoms with E-state index >= 15 is 0 Å². The Bertz CT molecular complexity index is 122. The van der Waals surface area contributed by atoms with Gasteiger partial charge in [0.1, 0.15) is 0 Å². The Morgan fingerprint density at radius 2 is 2.11 bits per heavy atom. The highest BCUT2D eigenvalue weighted by molar-refractivity contribution is 5.79. The van der Waals surface area contributed by atoms with E-state index in [2.05, 4.69) is 5.32 Å². The van der Waals surface area contributed by atoms with Crippen molar-refractivity contribution in [1.29, 1.82) is 0 Å². The summed E-state index contributed by atoms with van der Waals surface area (Å²) in [6.45, 7) is 0. The topological polar surface area (TPSA) is 29.1 Å². The van der Waals surface area contributed by atoms with Crippen LogP contribution in [0.5, 0.6) is 0 Å². The molecule has 1 rings (SSSR count). The van der Waals surface area contributed by atoms with Crippen molar-refractivity contribution in [2.45, 2.75) is 25.3 Å². The molecule has 9 heavy (non-hydrogen) atoms. The van der Waals surface area contributed by atoms with E-state index in [-0.39, 0.29) is 6.04 Å². The van der Waals surface area contributed by atoms with Gasteiger partial charge in [0, 0.05) is 6.04 Å². The van der Waals surface area contributed by atoms with Crippen molar-refractivity contribution in [3.05, 3.63) is 0 Å². The van der Waals surface area contributed by atoms with Gasteiger partial charge in [0.25, 0.3) is 5.91 Å². The average Bonchev–Trinajstić information content (AvgIpc) is 2.50. The smallest absolute Gasteiger partial charge is 0.315 e. The second kappa shape index (κ2) is 2.29. The zero-order valence-corrected chi connectivity index (χ0v) is 4.73. The van der Waals surface area contributed by atoms with E-state index in [1.165, 1.54) is 0 Å². The molecule has 0 heterocycles. The number of carbonyl (C=O) groups excluding carboxylic acids is 1. The number of nitrogens with one attached hydrogen (secondary N) is 1. The molecule has 0 spiro atoms. The molecular formula is C5H7F2NO. The largest absolute Gasteiger partial charge is 0.348 e. The number of alkyl halides is 2. The Labute approximate surface area is 51.2 Å². The maximum atomic E-state index is 11.4. The normalized spacial score (nSPS) is 18.1. The van der Waals surface area contributed by atoms with Crippen LogP contribution in [0.1, 0.15) is 12.8 Å². The molecule has 0 atom stereocenters. The van der Waals surface area contributed by atoms with Gasteiger partial charge < -0.3 is 5.32 Å². The van der Waals surface area contributed by atoms with Gasteiger partial charge in [0.2, 0.25) is 0 Å². The van der Waals surface area contributed by atoms with Crippen LogP contribution in [-0.4, -0.2) is 18.4 Å². The number of amides is 1. The van der Waals surface area contributed by atoms with E-state index in [0.717, 1.165) is 12.8 Å². The highest BCUT2D eigenvalue weighted by Gasteiger charge is 2.26. The molecule has 1 saturated carbocycles. The quantitative estimate of drug-likeness (QED) is 0.588. The zero-order valence-electron chi connectivity index (χ0n) is 4.73. The van der Waals surface area contributed by atoms with E-state index in [0.29, 0.717) is 0 Å². The van der Waals surface area contributed by atoms with Gasteiger partial charge in [-0.15, -0.1) is 0 Å². The zero-order chi connectivity index (χ0) is 6.85. The highest BCUT2D eigenvalue weighted by Crippen LogP contribution is 2.18. The van der Waals surface area contributed by atoms with E-state index in [1.807, 2.05) is 0 Å². The molecule has 52 valence electrons. The summed E-state index contributed by atoms with van der Waals surface area (Å²) < 4.78 is 22.8. The second-order valence-electron chi connectivity index (χ2n) is 2.08. The Hall–Kier alpha value is -0.670. The first-order valence-corrected chi connectivity index (χ1v) is 2.78. The van der Waals surface area contributed by atoms with Crippen molar-refractivity contribution in [2.75, 3.05) is 0 Å². The summed E-state index contributed by atoms with van der Waals surface area (Å²) >= 11 is 0. The highest BCUT2D eigenvalue weighted by atomic mass is 19.3. The van der Waals surface area contributed by atoms with E-state index in [9.17, 15) is 13.6 Å². The lowest BCUT2D eigenvalue weighted by Gasteiger charge is -1.98. The maximum absolute atomic E-state index is 11.4. The summed E-state index contributed by atoms with van der Waals surface area (Å²) in [6, 6.07) is 0.0338. The summed E-state index contributed by atoms with van der Waals surface area (Å²) in [4.78, 5) is 10.1. The minimum atomic E-state index is -2.86. The fourth-order valence-electron chi connectivity index (χ4n) is 0.492. The predicted molar refractivity (Wildman–Crippen MR) is 27.2 cm³/mol. The van der Waals surface area contributed by atoms with Crippen LogP contribution < -0.4 is 5.32 Å². The van der Waals surface area contributed by atoms with Crippen molar-refractivity contribution in [3.8, 4) is 0 Å². The number of rotatable bonds is 2. The van der Waals surface area contributed by atoms with Crippen LogP contribution in [0, 0.1) is 0 Å². The van der Waals surface area contributed by atoms with Gasteiger partial charge in [-0.05, 0) is 12.8 Å². The van der Waals surface area contributed by atoms with Gasteiger partial charge in [0.05, 0.1) is 0 Å². The monoisotopic (exact) mass is 135 g/mol. The summed E-state index contributed by atoms with van der Waals surface area (Å²) in [7, 11) is 0. The van der Waals surface area contributed by atoms with Crippen LogP contribution in [0.3, 0.4) is 0 Å². The van der Waals surface area contributed by atoms with Crippen LogP contribution >= 0.6 is 0 Å². The summed E-state index contributed by atoms with van der Waals surface area (Å²) in [5.41, 5.74) is 0. The molecule has 0 aromatic heterocycles. The molecule has 1 N–H and O–H groups in total. The van der Waals surface area contributed by atoms with Crippen molar-refractivity contribution < 1.29 is 13.6 Å². The van der Waals surface area contributed by atoms with Crippen LogP contribution in [0.25, 0.3) is 0 Å². The van der Waals surface area contributed by atoms with Gasteiger partial charge >= 0.3 is 6.43 Å². The first-order valence-electron chi connectivity index (χ1n) is 2.78. The predicted octanol–water partition coefficient (Wildman–Crippen LogP) is 0.530. The second-order valence-corrected chi connectivity index (χ2v) is 2.08. The SMILES string of the molecule is O=C(NC1CC1)C(F)F. The standard InChI is InChI=1S/C5H7F2NO/c6-4(7)5(9)8-3-1-2-3/h3-4H,1-2H2,(H,8,9). The lowest BCUT2D eigenvalue weighted by Crippen LogP contribution is -2.31. The third-order valence-corrected chi connectivity index (χ3v) is 1.12. The number of halogens is 2. The Balaban J connectivity index is 2.17. The van der Waals surface area contributed by atoms with Gasteiger partial charge in [-0.1, -0.05) is 0 Å². The van der Waals surface area contributed by atoms with E-state index in [1.54, 1.807) is 0 Å². The summed E-state index contributed by atoms with van der Waals surface area (Å²) in [5, 5.41) is 2.16. The molecule has 0 saturated heterocycles. The van der Waals surface area contributed by atoms with Gasteiger partial charge in [-0.3, -0.25) is 4.79 Å². The molecule has 0 radical (unpaired) electrons. The van der Waals surface area contributed by atoms with Gasteiger partial charge in [-0.25, -0.2) is 0 Å². The third-order valence-electron chi connectivity index (χ3n) is 1.12. The Morgan fingerprint density at radius 3 is 2.44 bits per heavy atom. The molecule has 1 aliphatic carbocycles. The third kappa shape index (κ3) is 1.95. The van der Waals surface area contributed by atoms with Crippen molar-refractivity contribution in [2.24, 2.45) is 0 Å². The van der Waals surface area contributed by atoms with Crippen LogP contribution in [0.2, 0.25) is 0 Å². The molecule has 4 heteroatoms. The number of hydrogen-bond donors (Lipinski definition) is 1. The molecule has 1 fully saturated rings. The van der Waals surface area contributed by atoms with E-state index < -0.39 is 12.3 Å². The minimum absolute atomic E-state index is 0.0338. The van der Waals surface area contributed by atoms with Crippen LogP contribution in [0.15, 0.2) is 0 Å². The Morgan fingerprint density at radius 1 is 1.56 bits per heavy atom. The summed E-state index contributed by atoms with van der Waals surface area (Å²) in [5.74, 6) is -1.14. The Kier molecular flexibility index (Phi) is 1.64. The fraction of sp³-hybridized carbons (Fsp3) is 0.800. The first kappa shape index (κ1) is 6.45. The molecule has 0 aliphatic heterocycles. The minimum Gasteiger partial charge on any atom is -0.348 e. The average molecular weight is 135 g/mol. The summed E-state index contributed by atoms with van der Waals surface area (Å²) in [6.07, 6.45) is -1.16. The molecule has 2 nitrogen and oxygen atoms in total. The molecular weight excluding hydrogens is 128 g/mol. The number of carbonyl (C=O) groups is 1. The number of hydrogen-bond acceptors (Lipinski definition) is 1. The van der Waals surface area contributed by atoms with Crippen molar-refractivity contribution in [3.63, 3.8) is 0 Å². The molecule has 0 bridgehead atoms. The van der Waals surface area contributed by atoms with E-state index in [4.69, 9.17) is 0 Å². The van der Waals surface area contributed by atoms with Crippen molar-refractivity contribution >= 4 is 5.91 Å². The van der Waals surface area contributed by atoms with Crippen molar-refractivity contribution in [1.82, 2.24) is 5.32 Å². The van der Waals surface area contributed by atoms with Crippen LogP contribution in [0.4, 0.5) is 8.78 Å². The lowest BCUT2D eigenvalue weighted by molar-refractivity contribution is -0.131. The molecule has 0 unspecified atom stereocenters. The van der Waals surface area contributed by atoms with Gasteiger partial charge in [0.15, 0.2) is 0 Å². The molecule has 1 amide bonds.